The van der Waals surface area contributed by atoms with E-state index in [1.165, 1.54) is 0 Å². The van der Waals surface area contributed by atoms with Gasteiger partial charge in [-0.2, -0.15) is 13.2 Å². The minimum atomic E-state index is -4.51. The summed E-state index contributed by atoms with van der Waals surface area (Å²) in [5.74, 6) is 0. The van der Waals surface area contributed by atoms with E-state index in [9.17, 15) is 18.1 Å². The van der Waals surface area contributed by atoms with Crippen LogP contribution in [0.2, 0.25) is 0 Å². The highest BCUT2D eigenvalue weighted by atomic mass is 19.4. The van der Waals surface area contributed by atoms with Crippen molar-refractivity contribution < 1.29 is 18.3 Å². The third kappa shape index (κ3) is 2.93. The number of nitroso groups, excluding NO2 is 1. The Morgan fingerprint density at radius 1 is 1.38 bits per heavy atom. The number of benzene rings is 1. The average molecular weight is 234 g/mol. The number of hydrogen-bond donors (Lipinski definition) is 2. The van der Waals surface area contributed by atoms with Gasteiger partial charge in [0, 0.05) is 6.54 Å². The molecule has 0 aliphatic carbocycles. The van der Waals surface area contributed by atoms with Crippen LogP contribution < -0.4 is 5.32 Å². The minimum absolute atomic E-state index is 0.133. The van der Waals surface area contributed by atoms with Crippen LogP contribution in [0.4, 0.5) is 24.5 Å². The van der Waals surface area contributed by atoms with E-state index in [2.05, 4.69) is 10.5 Å². The Hall–Kier alpha value is -1.63. The molecule has 1 rings (SSSR count). The largest absolute Gasteiger partial charge is 0.416 e. The molecule has 0 saturated carbocycles. The SMILES string of the molecule is O=Nc1cc(C(F)(F)F)ccc1NCCO. The highest BCUT2D eigenvalue weighted by Crippen LogP contribution is 2.35. The summed E-state index contributed by atoms with van der Waals surface area (Å²) in [5, 5.41) is 13.6. The lowest BCUT2D eigenvalue weighted by atomic mass is 10.1. The lowest BCUT2D eigenvalue weighted by Gasteiger charge is -2.10. The van der Waals surface area contributed by atoms with Gasteiger partial charge in [-0.05, 0) is 23.4 Å². The molecule has 88 valence electrons. The summed E-state index contributed by atoms with van der Waals surface area (Å²) in [6.07, 6.45) is -4.51. The maximum Gasteiger partial charge on any atom is 0.416 e. The second-order valence-electron chi connectivity index (χ2n) is 2.97. The molecule has 0 aliphatic rings. The van der Waals surface area contributed by atoms with Crippen molar-refractivity contribution in [3.8, 4) is 0 Å². The summed E-state index contributed by atoms with van der Waals surface area (Å²) in [6, 6.07) is 2.61. The van der Waals surface area contributed by atoms with E-state index in [-0.39, 0.29) is 24.5 Å². The van der Waals surface area contributed by atoms with Gasteiger partial charge in [0.1, 0.15) is 5.69 Å². The third-order valence-electron chi connectivity index (χ3n) is 1.85. The molecule has 16 heavy (non-hydrogen) atoms. The van der Waals surface area contributed by atoms with Crippen LogP contribution in [0, 0.1) is 4.91 Å². The molecule has 0 radical (unpaired) electrons. The molecular weight excluding hydrogens is 225 g/mol. The second kappa shape index (κ2) is 4.93. The molecular formula is C9H9F3N2O2. The van der Waals surface area contributed by atoms with Crippen molar-refractivity contribution in [3.05, 3.63) is 28.7 Å². The molecule has 0 fully saturated rings. The Morgan fingerprint density at radius 3 is 2.56 bits per heavy atom. The monoisotopic (exact) mass is 234 g/mol. The van der Waals surface area contributed by atoms with Crippen LogP contribution in [0.5, 0.6) is 0 Å². The van der Waals surface area contributed by atoms with Crippen LogP contribution in [0.3, 0.4) is 0 Å². The number of nitrogens with zero attached hydrogens (tertiary/aromatic N) is 1. The summed E-state index contributed by atoms with van der Waals surface area (Å²) in [4.78, 5) is 10.3. The molecule has 1 aromatic carbocycles. The van der Waals surface area contributed by atoms with Gasteiger partial charge in [0.15, 0.2) is 0 Å². The number of aliphatic hydroxyl groups excluding tert-OH is 1. The van der Waals surface area contributed by atoms with Crippen LogP contribution in [0.1, 0.15) is 5.56 Å². The van der Waals surface area contributed by atoms with Crippen molar-refractivity contribution in [3.63, 3.8) is 0 Å². The van der Waals surface area contributed by atoms with Crippen molar-refractivity contribution in [2.45, 2.75) is 6.18 Å². The molecule has 0 heterocycles. The Bertz CT molecular complexity index is 380. The summed E-state index contributed by atoms with van der Waals surface area (Å²) < 4.78 is 36.9. The number of alkyl halides is 3. The predicted molar refractivity (Wildman–Crippen MR) is 52.5 cm³/mol. The van der Waals surface area contributed by atoms with Crippen LogP contribution >= 0.6 is 0 Å². The zero-order valence-electron chi connectivity index (χ0n) is 8.08. The number of hydrogen-bond acceptors (Lipinski definition) is 4. The molecule has 4 nitrogen and oxygen atoms in total. The van der Waals surface area contributed by atoms with Gasteiger partial charge >= 0.3 is 6.18 Å². The Balaban J connectivity index is 3.02. The third-order valence-corrected chi connectivity index (χ3v) is 1.85. The Labute approximate surface area is 89.1 Å². The van der Waals surface area contributed by atoms with Crippen LogP contribution in [0.15, 0.2) is 23.4 Å². The van der Waals surface area contributed by atoms with Crippen LogP contribution in [-0.4, -0.2) is 18.3 Å². The molecule has 0 saturated heterocycles. The molecule has 0 aromatic heterocycles. The van der Waals surface area contributed by atoms with E-state index in [0.29, 0.717) is 6.07 Å². The molecule has 2 N–H and O–H groups in total. The Kier molecular flexibility index (Phi) is 3.83. The molecule has 0 amide bonds. The van der Waals surface area contributed by atoms with Gasteiger partial charge in [-0.15, -0.1) is 4.91 Å². The molecule has 7 heteroatoms. The molecule has 0 aliphatic heterocycles. The minimum Gasteiger partial charge on any atom is -0.395 e. The van der Waals surface area contributed by atoms with Crippen molar-refractivity contribution in [2.24, 2.45) is 5.18 Å². The molecule has 1 aromatic rings. The first kappa shape index (κ1) is 12.4. The summed E-state index contributed by atoms with van der Waals surface area (Å²) >= 11 is 0. The van der Waals surface area contributed by atoms with Crippen molar-refractivity contribution in [1.29, 1.82) is 0 Å². The zero-order chi connectivity index (χ0) is 12.2. The first-order valence-electron chi connectivity index (χ1n) is 4.38. The molecule has 0 atom stereocenters. The van der Waals surface area contributed by atoms with E-state index in [1.54, 1.807) is 0 Å². The van der Waals surface area contributed by atoms with E-state index >= 15 is 0 Å². The lowest BCUT2D eigenvalue weighted by molar-refractivity contribution is -0.137. The predicted octanol–water partition coefficient (Wildman–Crippen LogP) is 2.51. The molecule has 0 unspecified atom stereocenters. The summed E-state index contributed by atoms with van der Waals surface area (Å²) in [6.45, 7) is -0.0623. The number of anilines is 1. The fourth-order valence-electron chi connectivity index (χ4n) is 1.12. The van der Waals surface area contributed by atoms with Crippen molar-refractivity contribution >= 4 is 11.4 Å². The van der Waals surface area contributed by atoms with Gasteiger partial charge in [0.25, 0.3) is 0 Å². The quantitative estimate of drug-likeness (QED) is 0.787. The van der Waals surface area contributed by atoms with Gasteiger partial charge < -0.3 is 10.4 Å². The zero-order valence-corrected chi connectivity index (χ0v) is 8.08. The first-order chi connectivity index (χ1) is 7.49. The smallest absolute Gasteiger partial charge is 0.395 e. The Morgan fingerprint density at radius 2 is 2.06 bits per heavy atom. The number of rotatable bonds is 4. The normalized spacial score (nSPS) is 11.2. The van der Waals surface area contributed by atoms with Gasteiger partial charge in [-0.3, -0.25) is 0 Å². The van der Waals surface area contributed by atoms with E-state index in [4.69, 9.17) is 5.11 Å². The van der Waals surface area contributed by atoms with Gasteiger partial charge in [0.05, 0.1) is 17.9 Å². The van der Waals surface area contributed by atoms with Gasteiger partial charge in [-0.25, -0.2) is 0 Å². The standard InChI is InChI=1S/C9H9F3N2O2/c10-9(11,12)6-1-2-7(13-3-4-15)8(5-6)14-16/h1-2,5,13,15H,3-4H2. The number of halogens is 3. The molecule has 0 spiro atoms. The van der Waals surface area contributed by atoms with Crippen molar-refractivity contribution in [2.75, 3.05) is 18.5 Å². The van der Waals surface area contributed by atoms with Gasteiger partial charge in [-0.1, -0.05) is 0 Å². The maximum absolute atomic E-state index is 12.3. The van der Waals surface area contributed by atoms with E-state index in [0.717, 1.165) is 12.1 Å². The first-order valence-corrected chi connectivity index (χ1v) is 4.38. The van der Waals surface area contributed by atoms with Crippen LogP contribution in [-0.2, 0) is 6.18 Å². The highest BCUT2D eigenvalue weighted by Gasteiger charge is 2.31. The molecule has 0 bridgehead atoms. The van der Waals surface area contributed by atoms with Crippen LogP contribution in [0.25, 0.3) is 0 Å². The average Bonchev–Trinajstić information content (AvgIpc) is 2.24. The second-order valence-corrected chi connectivity index (χ2v) is 2.97. The lowest BCUT2D eigenvalue weighted by Crippen LogP contribution is -2.08. The van der Waals surface area contributed by atoms with Gasteiger partial charge in [0.2, 0.25) is 0 Å². The topological polar surface area (TPSA) is 61.7 Å². The fraction of sp³-hybridized carbons (Fsp3) is 0.333. The number of nitrogens with one attached hydrogen (secondary N) is 1. The highest BCUT2D eigenvalue weighted by molar-refractivity contribution is 5.66. The van der Waals surface area contributed by atoms with E-state index < -0.39 is 11.7 Å². The summed E-state index contributed by atoms with van der Waals surface area (Å²) in [7, 11) is 0. The summed E-state index contributed by atoms with van der Waals surface area (Å²) in [5.41, 5.74) is -1.10. The fourth-order valence-corrected chi connectivity index (χ4v) is 1.12. The maximum atomic E-state index is 12.3. The number of aliphatic hydroxyl groups is 1. The van der Waals surface area contributed by atoms with E-state index in [1.807, 2.05) is 0 Å². The van der Waals surface area contributed by atoms with Crippen molar-refractivity contribution in [1.82, 2.24) is 0 Å².